The number of fused-ring (bicyclic) bond motifs is 2. The van der Waals surface area contributed by atoms with Gasteiger partial charge in [0, 0.05) is 24.1 Å². The van der Waals surface area contributed by atoms with Crippen LogP contribution in [-0.2, 0) is 4.79 Å². The van der Waals surface area contributed by atoms with Gasteiger partial charge in [-0.3, -0.25) is 4.79 Å². The normalized spacial score (nSPS) is 17.8. The van der Waals surface area contributed by atoms with Gasteiger partial charge in [0.2, 0.25) is 12.7 Å². The third kappa shape index (κ3) is 2.72. The van der Waals surface area contributed by atoms with Crippen LogP contribution >= 0.6 is 11.6 Å². The van der Waals surface area contributed by atoms with Crippen molar-refractivity contribution in [2.45, 2.75) is 19.3 Å². The number of halogens is 1. The van der Waals surface area contributed by atoms with E-state index in [4.69, 9.17) is 25.8 Å². The molecule has 6 nitrogen and oxygen atoms in total. The smallest absolute Gasteiger partial charge is 0.231 e. The van der Waals surface area contributed by atoms with E-state index < -0.39 is 0 Å². The van der Waals surface area contributed by atoms with E-state index in [1.54, 1.807) is 18.2 Å². The minimum atomic E-state index is -0.226. The van der Waals surface area contributed by atoms with E-state index in [1.165, 1.54) is 0 Å². The third-order valence-corrected chi connectivity index (χ3v) is 4.62. The van der Waals surface area contributed by atoms with Crippen LogP contribution in [0.3, 0.4) is 0 Å². The Balaban J connectivity index is 1.83. The average Bonchev–Trinajstić information content (AvgIpc) is 3.03. The highest BCUT2D eigenvalue weighted by molar-refractivity contribution is 6.32. The maximum atomic E-state index is 12.2. The molecule has 2 aromatic carbocycles. The van der Waals surface area contributed by atoms with Gasteiger partial charge in [0.15, 0.2) is 23.0 Å². The van der Waals surface area contributed by atoms with E-state index in [0.29, 0.717) is 29.5 Å². The van der Waals surface area contributed by atoms with Crippen LogP contribution in [0.15, 0.2) is 24.3 Å². The van der Waals surface area contributed by atoms with Crippen LogP contribution in [0.25, 0.3) is 0 Å². The van der Waals surface area contributed by atoms with Gasteiger partial charge in [0.05, 0.1) is 11.6 Å². The summed E-state index contributed by atoms with van der Waals surface area (Å²) in [4.78, 5) is 12.2. The molecule has 0 saturated carbocycles. The van der Waals surface area contributed by atoms with Crippen LogP contribution in [0, 0.1) is 0 Å². The second-order valence-electron chi connectivity index (χ2n) is 5.88. The molecule has 0 saturated heterocycles. The second-order valence-corrected chi connectivity index (χ2v) is 6.29. The van der Waals surface area contributed by atoms with Crippen LogP contribution in [-0.4, -0.2) is 24.4 Å². The van der Waals surface area contributed by atoms with E-state index >= 15 is 0 Å². The maximum Gasteiger partial charge on any atom is 0.231 e. The Kier molecular flexibility index (Phi) is 3.84. The van der Waals surface area contributed by atoms with Crippen molar-refractivity contribution < 1.29 is 24.1 Å². The number of hydrogen-bond acceptors (Lipinski definition) is 5. The largest absolute Gasteiger partial charge is 0.503 e. The van der Waals surface area contributed by atoms with Crippen molar-refractivity contribution in [2.75, 3.05) is 18.7 Å². The van der Waals surface area contributed by atoms with Crippen molar-refractivity contribution in [3.63, 3.8) is 0 Å². The second kappa shape index (κ2) is 6.04. The predicted octanol–water partition coefficient (Wildman–Crippen LogP) is 3.65. The molecule has 0 unspecified atom stereocenters. The fraction of sp³-hybridized carbons (Fsp3) is 0.278. The van der Waals surface area contributed by atoms with E-state index in [2.05, 4.69) is 5.32 Å². The van der Waals surface area contributed by atoms with Crippen molar-refractivity contribution in [1.82, 2.24) is 0 Å². The van der Waals surface area contributed by atoms with Gasteiger partial charge in [-0.05, 0) is 36.2 Å². The Morgan fingerprint density at radius 1 is 1.28 bits per heavy atom. The van der Waals surface area contributed by atoms with Crippen LogP contribution in [0.5, 0.6) is 23.0 Å². The first kappa shape index (κ1) is 15.9. The summed E-state index contributed by atoms with van der Waals surface area (Å²) in [7, 11) is 0. The summed E-state index contributed by atoms with van der Waals surface area (Å²) >= 11 is 6.16. The molecule has 7 heteroatoms. The molecule has 1 amide bonds. The number of phenolic OH excluding ortho intramolecular Hbond substituents is 1. The molecule has 2 aliphatic heterocycles. The molecule has 25 heavy (non-hydrogen) atoms. The summed E-state index contributed by atoms with van der Waals surface area (Å²) in [5, 5.41) is 13.1. The van der Waals surface area contributed by atoms with E-state index in [0.717, 1.165) is 11.1 Å². The number of aromatic hydroxyl groups is 1. The molecule has 2 N–H and O–H groups in total. The third-order valence-electron chi connectivity index (χ3n) is 4.34. The summed E-state index contributed by atoms with van der Waals surface area (Å²) in [5.41, 5.74) is 2.39. The van der Waals surface area contributed by atoms with E-state index in [1.807, 2.05) is 13.0 Å². The highest BCUT2D eigenvalue weighted by atomic mass is 35.5. The average molecular weight is 362 g/mol. The maximum absolute atomic E-state index is 12.2. The first-order valence-electron chi connectivity index (χ1n) is 7.95. The summed E-state index contributed by atoms with van der Waals surface area (Å²) in [6.07, 6.45) is 0.263. The number of nitrogens with one attached hydrogen (secondary N) is 1. The van der Waals surface area contributed by atoms with Gasteiger partial charge >= 0.3 is 0 Å². The van der Waals surface area contributed by atoms with Crippen molar-refractivity contribution in [2.24, 2.45) is 0 Å². The topological polar surface area (TPSA) is 77.0 Å². The number of phenols is 1. The number of ether oxygens (including phenoxy) is 3. The summed E-state index contributed by atoms with van der Waals surface area (Å²) in [6, 6.07) is 7.04. The fourth-order valence-corrected chi connectivity index (χ4v) is 3.43. The van der Waals surface area contributed by atoms with Gasteiger partial charge < -0.3 is 24.6 Å². The molecule has 1 atom stereocenters. The zero-order valence-electron chi connectivity index (χ0n) is 13.5. The van der Waals surface area contributed by atoms with Gasteiger partial charge in [-0.15, -0.1) is 0 Å². The number of carbonyl (C=O) groups excluding carboxylic acids is 1. The molecule has 0 bridgehead atoms. The minimum Gasteiger partial charge on any atom is -0.503 e. The predicted molar refractivity (Wildman–Crippen MR) is 91.9 cm³/mol. The Labute approximate surface area is 149 Å². The Hall–Kier alpha value is -2.60. The molecule has 2 aliphatic rings. The molecule has 0 radical (unpaired) electrons. The molecule has 0 spiro atoms. The van der Waals surface area contributed by atoms with Crippen molar-refractivity contribution in [1.29, 1.82) is 0 Å². The summed E-state index contributed by atoms with van der Waals surface area (Å²) in [6.45, 7) is 2.38. The van der Waals surface area contributed by atoms with Crippen LogP contribution in [0.4, 0.5) is 5.69 Å². The first-order valence-corrected chi connectivity index (χ1v) is 8.33. The van der Waals surface area contributed by atoms with Gasteiger partial charge in [0.25, 0.3) is 0 Å². The molecule has 2 aromatic rings. The van der Waals surface area contributed by atoms with Crippen LogP contribution in [0.2, 0.25) is 5.02 Å². The monoisotopic (exact) mass is 361 g/mol. The van der Waals surface area contributed by atoms with Gasteiger partial charge in [0.1, 0.15) is 0 Å². The molecular formula is C18H16ClNO5. The Morgan fingerprint density at radius 3 is 2.80 bits per heavy atom. The van der Waals surface area contributed by atoms with Gasteiger partial charge in [-0.25, -0.2) is 0 Å². The van der Waals surface area contributed by atoms with Crippen molar-refractivity contribution in [3.8, 4) is 23.0 Å². The van der Waals surface area contributed by atoms with E-state index in [9.17, 15) is 9.90 Å². The highest BCUT2D eigenvalue weighted by Gasteiger charge is 2.30. The molecule has 4 rings (SSSR count). The zero-order chi connectivity index (χ0) is 17.6. The minimum absolute atomic E-state index is 0.0986. The van der Waals surface area contributed by atoms with Crippen molar-refractivity contribution >= 4 is 23.2 Å². The lowest BCUT2D eigenvalue weighted by molar-refractivity contribution is -0.116. The standard InChI is InChI=1S/C18H16ClNO5/c1-2-23-16-4-9(3-12(19)18(16)22)10-6-17(21)20-13-7-15-14(5-11(10)13)24-8-25-15/h3-5,7,10,22H,2,6,8H2,1H3,(H,20,21)/t10-/m1/s1. The lowest BCUT2D eigenvalue weighted by atomic mass is 9.84. The van der Waals surface area contributed by atoms with Gasteiger partial charge in [-0.1, -0.05) is 11.6 Å². The summed E-state index contributed by atoms with van der Waals surface area (Å²) in [5.74, 6) is 1.14. The van der Waals surface area contributed by atoms with E-state index in [-0.39, 0.29) is 35.8 Å². The highest BCUT2D eigenvalue weighted by Crippen LogP contribution is 2.46. The molecular weight excluding hydrogens is 346 g/mol. The lowest BCUT2D eigenvalue weighted by Gasteiger charge is -2.27. The number of amides is 1. The van der Waals surface area contributed by atoms with Crippen LogP contribution in [0.1, 0.15) is 30.4 Å². The quantitative estimate of drug-likeness (QED) is 0.872. The number of anilines is 1. The number of rotatable bonds is 3. The molecule has 0 aliphatic carbocycles. The molecule has 0 aromatic heterocycles. The number of benzene rings is 2. The van der Waals surface area contributed by atoms with Gasteiger partial charge in [-0.2, -0.15) is 0 Å². The Bertz CT molecular complexity index is 867. The fourth-order valence-electron chi connectivity index (χ4n) is 3.21. The van der Waals surface area contributed by atoms with Crippen molar-refractivity contribution in [3.05, 3.63) is 40.4 Å². The molecule has 0 fully saturated rings. The first-order chi connectivity index (χ1) is 12.1. The lowest BCUT2D eigenvalue weighted by Crippen LogP contribution is -2.23. The number of hydrogen-bond donors (Lipinski definition) is 2. The molecule has 130 valence electrons. The summed E-state index contributed by atoms with van der Waals surface area (Å²) < 4.78 is 16.3. The van der Waals surface area contributed by atoms with Crippen LogP contribution < -0.4 is 19.5 Å². The molecule has 2 heterocycles. The zero-order valence-corrected chi connectivity index (χ0v) is 14.2. The number of carbonyl (C=O) groups is 1. The SMILES string of the molecule is CCOc1cc([C@H]2CC(=O)Nc3cc4c(cc32)OCO4)cc(Cl)c1O. The Morgan fingerprint density at radius 2 is 2.04 bits per heavy atom.